The highest BCUT2D eigenvalue weighted by Gasteiger charge is 2.12. The van der Waals surface area contributed by atoms with Gasteiger partial charge in [0.15, 0.2) is 0 Å². The van der Waals surface area contributed by atoms with Crippen molar-refractivity contribution in [1.29, 1.82) is 0 Å². The van der Waals surface area contributed by atoms with E-state index in [0.29, 0.717) is 33.7 Å². The third-order valence-corrected chi connectivity index (χ3v) is 4.63. The Morgan fingerprint density at radius 2 is 1.63 bits per heavy atom. The maximum atomic E-state index is 12.0. The summed E-state index contributed by atoms with van der Waals surface area (Å²) < 4.78 is 5.68. The zero-order chi connectivity index (χ0) is 21.3. The minimum atomic E-state index is -0.907. The number of hydrogen-bond acceptors (Lipinski definition) is 4. The van der Waals surface area contributed by atoms with Crippen LogP contribution in [0.4, 0.5) is 5.69 Å². The van der Waals surface area contributed by atoms with Crippen LogP contribution in [0.1, 0.15) is 11.1 Å². The number of anilines is 1. The Hall–Kier alpha value is -3.35. The summed E-state index contributed by atoms with van der Waals surface area (Å²) in [7, 11) is 0. The lowest BCUT2D eigenvalue weighted by molar-refractivity contribution is -0.136. The number of hydrazone groups is 1. The van der Waals surface area contributed by atoms with E-state index in [0.717, 1.165) is 5.56 Å². The summed E-state index contributed by atoms with van der Waals surface area (Å²) in [6.45, 7) is 0.436. The first-order chi connectivity index (χ1) is 14.5. The molecular weight excluding hydrogens is 425 g/mol. The Balaban J connectivity index is 1.48. The SMILES string of the molecule is O=C(N/N=C\c1ccc(Cl)c(Cl)c1)C(=O)Nc1ccc(OCc2ccccc2)cc1. The van der Waals surface area contributed by atoms with E-state index in [1.165, 1.54) is 6.21 Å². The Morgan fingerprint density at radius 1 is 0.900 bits per heavy atom. The predicted molar refractivity (Wildman–Crippen MR) is 118 cm³/mol. The number of amides is 2. The molecule has 3 rings (SSSR count). The average Bonchev–Trinajstić information content (AvgIpc) is 2.76. The number of hydrogen-bond donors (Lipinski definition) is 2. The maximum Gasteiger partial charge on any atom is 0.329 e. The van der Waals surface area contributed by atoms with Crippen LogP contribution in [-0.4, -0.2) is 18.0 Å². The van der Waals surface area contributed by atoms with Gasteiger partial charge >= 0.3 is 11.8 Å². The predicted octanol–water partition coefficient (Wildman–Crippen LogP) is 4.66. The van der Waals surface area contributed by atoms with E-state index in [1.54, 1.807) is 42.5 Å². The molecule has 2 amide bonds. The van der Waals surface area contributed by atoms with E-state index >= 15 is 0 Å². The molecule has 6 nitrogen and oxygen atoms in total. The fourth-order valence-electron chi connectivity index (χ4n) is 2.37. The Labute approximate surface area is 183 Å². The summed E-state index contributed by atoms with van der Waals surface area (Å²) in [5.41, 5.74) is 4.28. The molecule has 0 aliphatic heterocycles. The smallest absolute Gasteiger partial charge is 0.329 e. The number of rotatable bonds is 6. The highest BCUT2D eigenvalue weighted by molar-refractivity contribution is 6.42. The molecule has 0 bridgehead atoms. The summed E-state index contributed by atoms with van der Waals surface area (Å²) >= 11 is 11.7. The fourth-order valence-corrected chi connectivity index (χ4v) is 2.68. The first-order valence-electron chi connectivity index (χ1n) is 8.87. The van der Waals surface area contributed by atoms with Gasteiger partial charge in [0.05, 0.1) is 16.3 Å². The molecule has 0 spiro atoms. The van der Waals surface area contributed by atoms with Crippen LogP contribution >= 0.6 is 23.2 Å². The van der Waals surface area contributed by atoms with Gasteiger partial charge in [0, 0.05) is 5.69 Å². The topological polar surface area (TPSA) is 79.8 Å². The average molecular weight is 442 g/mol. The van der Waals surface area contributed by atoms with E-state index < -0.39 is 11.8 Å². The molecule has 0 fully saturated rings. The molecule has 0 aliphatic carbocycles. The number of nitrogens with one attached hydrogen (secondary N) is 2. The molecule has 0 aliphatic rings. The molecule has 8 heteroatoms. The lowest BCUT2D eigenvalue weighted by Crippen LogP contribution is -2.32. The summed E-state index contributed by atoms with van der Waals surface area (Å²) in [5.74, 6) is -1.11. The van der Waals surface area contributed by atoms with Crippen molar-refractivity contribution in [2.45, 2.75) is 6.61 Å². The van der Waals surface area contributed by atoms with Gasteiger partial charge in [-0.1, -0.05) is 59.6 Å². The summed E-state index contributed by atoms with van der Waals surface area (Å²) in [6, 6.07) is 21.3. The van der Waals surface area contributed by atoms with Crippen molar-refractivity contribution < 1.29 is 14.3 Å². The monoisotopic (exact) mass is 441 g/mol. The van der Waals surface area contributed by atoms with E-state index in [9.17, 15) is 9.59 Å². The van der Waals surface area contributed by atoms with E-state index in [1.807, 2.05) is 30.3 Å². The zero-order valence-corrected chi connectivity index (χ0v) is 17.2. The van der Waals surface area contributed by atoms with Gasteiger partial charge in [-0.2, -0.15) is 5.10 Å². The number of benzene rings is 3. The Morgan fingerprint density at radius 3 is 2.33 bits per heavy atom. The Kier molecular flexibility index (Phi) is 7.43. The molecule has 0 aromatic heterocycles. The molecule has 0 saturated carbocycles. The first-order valence-corrected chi connectivity index (χ1v) is 9.63. The Bertz CT molecular complexity index is 1050. The standard InChI is InChI=1S/C22H17Cl2N3O3/c23-19-11-6-16(12-20(19)24)13-25-27-22(29)21(28)26-17-7-9-18(10-8-17)30-14-15-4-2-1-3-5-15/h1-13H,14H2,(H,26,28)(H,27,29)/b25-13-. The third-order valence-electron chi connectivity index (χ3n) is 3.89. The van der Waals surface area contributed by atoms with Crippen LogP contribution in [0.15, 0.2) is 77.9 Å². The van der Waals surface area contributed by atoms with Crippen molar-refractivity contribution in [2.75, 3.05) is 5.32 Å². The quantitative estimate of drug-likeness (QED) is 0.331. The van der Waals surface area contributed by atoms with Crippen LogP contribution in [0.2, 0.25) is 10.0 Å². The molecule has 30 heavy (non-hydrogen) atoms. The van der Waals surface area contributed by atoms with Crippen molar-refractivity contribution in [2.24, 2.45) is 5.10 Å². The van der Waals surface area contributed by atoms with Crippen LogP contribution in [0.25, 0.3) is 0 Å². The lowest BCUT2D eigenvalue weighted by Gasteiger charge is -2.08. The third kappa shape index (κ3) is 6.34. The van der Waals surface area contributed by atoms with Gasteiger partial charge in [-0.05, 0) is 47.5 Å². The van der Waals surface area contributed by atoms with E-state index in [-0.39, 0.29) is 0 Å². The second-order valence-corrected chi connectivity index (χ2v) is 6.94. The van der Waals surface area contributed by atoms with Gasteiger partial charge in [0.25, 0.3) is 0 Å². The number of carbonyl (C=O) groups is 2. The van der Waals surface area contributed by atoms with Crippen molar-refractivity contribution in [3.8, 4) is 5.75 Å². The van der Waals surface area contributed by atoms with Crippen LogP contribution in [0.3, 0.4) is 0 Å². The molecule has 0 unspecified atom stereocenters. The van der Waals surface area contributed by atoms with Crippen molar-refractivity contribution in [3.63, 3.8) is 0 Å². The summed E-state index contributed by atoms with van der Waals surface area (Å²) in [5, 5.41) is 7.00. The van der Waals surface area contributed by atoms with Crippen molar-refractivity contribution in [3.05, 3.63) is 94.0 Å². The minimum absolute atomic E-state index is 0.362. The van der Waals surface area contributed by atoms with Gasteiger partial charge < -0.3 is 10.1 Å². The van der Waals surface area contributed by atoms with Gasteiger partial charge in [0.2, 0.25) is 0 Å². The molecule has 0 saturated heterocycles. The van der Waals surface area contributed by atoms with Gasteiger partial charge in [0.1, 0.15) is 12.4 Å². The summed E-state index contributed by atoms with van der Waals surface area (Å²) in [6.07, 6.45) is 1.35. The van der Waals surface area contributed by atoms with Gasteiger partial charge in [-0.15, -0.1) is 0 Å². The number of ether oxygens (including phenoxy) is 1. The molecule has 0 radical (unpaired) electrons. The maximum absolute atomic E-state index is 12.0. The molecule has 3 aromatic rings. The van der Waals surface area contributed by atoms with Crippen LogP contribution in [0.5, 0.6) is 5.75 Å². The number of nitrogens with zero attached hydrogens (tertiary/aromatic N) is 1. The van der Waals surface area contributed by atoms with Crippen LogP contribution in [-0.2, 0) is 16.2 Å². The lowest BCUT2D eigenvalue weighted by atomic mass is 10.2. The van der Waals surface area contributed by atoms with Crippen LogP contribution < -0.4 is 15.5 Å². The van der Waals surface area contributed by atoms with Gasteiger partial charge in [-0.25, -0.2) is 5.43 Å². The largest absolute Gasteiger partial charge is 0.489 e. The molecule has 2 N–H and O–H groups in total. The molecule has 0 heterocycles. The van der Waals surface area contributed by atoms with E-state index in [2.05, 4.69) is 15.8 Å². The second-order valence-electron chi connectivity index (χ2n) is 6.13. The normalized spacial score (nSPS) is 10.6. The number of halogens is 2. The van der Waals surface area contributed by atoms with Crippen LogP contribution in [0, 0.1) is 0 Å². The molecule has 3 aromatic carbocycles. The van der Waals surface area contributed by atoms with Crippen molar-refractivity contribution >= 4 is 46.9 Å². The molecule has 0 atom stereocenters. The minimum Gasteiger partial charge on any atom is -0.489 e. The highest BCUT2D eigenvalue weighted by Crippen LogP contribution is 2.21. The highest BCUT2D eigenvalue weighted by atomic mass is 35.5. The van der Waals surface area contributed by atoms with Crippen molar-refractivity contribution in [1.82, 2.24) is 5.43 Å². The first kappa shape index (κ1) is 21.4. The van der Waals surface area contributed by atoms with Gasteiger partial charge in [-0.3, -0.25) is 9.59 Å². The molecular formula is C22H17Cl2N3O3. The fraction of sp³-hybridized carbons (Fsp3) is 0.0455. The molecule has 152 valence electrons. The van der Waals surface area contributed by atoms with E-state index in [4.69, 9.17) is 27.9 Å². The second kappa shape index (κ2) is 10.4. The number of carbonyl (C=O) groups excluding carboxylic acids is 2. The summed E-state index contributed by atoms with van der Waals surface area (Å²) in [4.78, 5) is 23.9. The zero-order valence-electron chi connectivity index (χ0n) is 15.6.